The fraction of sp³-hybridized carbons (Fsp3) is 0.188. The highest BCUT2D eigenvalue weighted by Crippen LogP contribution is 2.20. The second-order valence-corrected chi connectivity index (χ2v) is 4.54. The molecule has 2 aromatic rings. The monoisotopic (exact) mass is 298 g/mol. The lowest BCUT2D eigenvalue weighted by molar-refractivity contribution is 0.0563. The smallest absolute Gasteiger partial charge is 0.373 e. The molecular weight excluding hydrogens is 284 g/mol. The van der Waals surface area contributed by atoms with Crippen LogP contribution in [-0.2, 0) is 11.3 Å². The van der Waals surface area contributed by atoms with Crippen molar-refractivity contribution < 1.29 is 18.7 Å². The minimum atomic E-state index is -0.554. The Labute approximate surface area is 127 Å². The molecule has 0 aliphatic heterocycles. The summed E-state index contributed by atoms with van der Waals surface area (Å²) in [5.74, 6) is -0.0435. The van der Waals surface area contributed by atoms with Gasteiger partial charge in [-0.2, -0.15) is 5.26 Å². The lowest BCUT2D eigenvalue weighted by Gasteiger charge is -2.09. The number of carbonyl (C=O) groups is 2. The average Bonchev–Trinajstić information content (AvgIpc) is 3.00. The molecular formula is C16H14N2O4. The minimum Gasteiger partial charge on any atom is -0.463 e. The van der Waals surface area contributed by atoms with Crippen molar-refractivity contribution in [1.29, 1.82) is 5.26 Å². The summed E-state index contributed by atoms with van der Waals surface area (Å²) in [6, 6.07) is 9.96. The summed E-state index contributed by atoms with van der Waals surface area (Å²) in [6.07, 6.45) is 0. The highest BCUT2D eigenvalue weighted by atomic mass is 16.5. The van der Waals surface area contributed by atoms with Gasteiger partial charge >= 0.3 is 5.97 Å². The molecule has 1 aromatic carbocycles. The van der Waals surface area contributed by atoms with E-state index in [1.807, 2.05) is 6.07 Å². The topological polar surface area (TPSA) is 92.3 Å². The number of esters is 1. The zero-order valence-corrected chi connectivity index (χ0v) is 12.2. The molecule has 0 aliphatic rings. The van der Waals surface area contributed by atoms with Crippen LogP contribution < -0.4 is 5.32 Å². The molecule has 0 aliphatic carbocycles. The van der Waals surface area contributed by atoms with Crippen molar-refractivity contribution in [3.05, 3.63) is 53.0 Å². The lowest BCUT2D eigenvalue weighted by atomic mass is 10.1. The van der Waals surface area contributed by atoms with Crippen molar-refractivity contribution in [2.45, 2.75) is 13.5 Å². The average molecular weight is 298 g/mol. The summed E-state index contributed by atoms with van der Waals surface area (Å²) in [6.45, 7) is 1.72. The maximum Gasteiger partial charge on any atom is 0.373 e. The Morgan fingerprint density at radius 3 is 2.73 bits per heavy atom. The molecule has 0 radical (unpaired) electrons. The van der Waals surface area contributed by atoms with Crippen molar-refractivity contribution in [3.63, 3.8) is 0 Å². The molecule has 2 rings (SSSR count). The number of ether oxygens (including phenoxy) is 1. The number of benzene rings is 1. The van der Waals surface area contributed by atoms with Crippen LogP contribution in [0.15, 0.2) is 34.7 Å². The maximum atomic E-state index is 11.6. The van der Waals surface area contributed by atoms with Gasteiger partial charge in [-0.25, -0.2) is 4.79 Å². The van der Waals surface area contributed by atoms with E-state index in [4.69, 9.17) is 9.68 Å². The Balaban J connectivity index is 2.17. The van der Waals surface area contributed by atoms with Crippen molar-refractivity contribution >= 4 is 17.4 Å². The third-order valence-corrected chi connectivity index (χ3v) is 3.03. The zero-order chi connectivity index (χ0) is 16.1. The number of hydrogen-bond acceptors (Lipinski definition) is 6. The maximum absolute atomic E-state index is 11.6. The molecule has 0 amide bonds. The van der Waals surface area contributed by atoms with Crippen LogP contribution >= 0.6 is 0 Å². The SMILES string of the molecule is COC(=O)c1ccc(CNc2cc(C#N)ccc2C(C)=O)o1. The number of nitrogens with one attached hydrogen (secondary N) is 1. The van der Waals surface area contributed by atoms with Gasteiger partial charge < -0.3 is 14.5 Å². The van der Waals surface area contributed by atoms with Gasteiger partial charge in [-0.3, -0.25) is 4.79 Å². The summed E-state index contributed by atoms with van der Waals surface area (Å²) in [5, 5.41) is 12.0. The van der Waals surface area contributed by atoms with Crippen LogP contribution in [0, 0.1) is 11.3 Å². The van der Waals surface area contributed by atoms with Gasteiger partial charge in [0.2, 0.25) is 5.76 Å². The van der Waals surface area contributed by atoms with E-state index in [1.54, 1.807) is 24.3 Å². The van der Waals surface area contributed by atoms with Crippen LogP contribution in [0.4, 0.5) is 5.69 Å². The summed E-state index contributed by atoms with van der Waals surface area (Å²) in [7, 11) is 1.27. The van der Waals surface area contributed by atoms with E-state index < -0.39 is 5.97 Å². The highest BCUT2D eigenvalue weighted by molar-refractivity contribution is 5.99. The van der Waals surface area contributed by atoms with Crippen LogP contribution in [0.2, 0.25) is 0 Å². The number of methoxy groups -OCH3 is 1. The molecule has 0 spiro atoms. The van der Waals surface area contributed by atoms with Crippen LogP contribution in [-0.4, -0.2) is 18.9 Å². The number of hydrogen-bond donors (Lipinski definition) is 1. The van der Waals surface area contributed by atoms with Gasteiger partial charge in [-0.05, 0) is 37.3 Å². The number of Topliss-reactive ketones (excluding diaryl/α,β-unsaturated/α-hetero) is 1. The number of nitrogens with zero attached hydrogens (tertiary/aromatic N) is 1. The minimum absolute atomic E-state index is 0.108. The van der Waals surface area contributed by atoms with Gasteiger partial charge in [0, 0.05) is 11.3 Å². The van der Waals surface area contributed by atoms with Crippen molar-refractivity contribution in [1.82, 2.24) is 0 Å². The fourth-order valence-electron chi connectivity index (χ4n) is 1.93. The van der Waals surface area contributed by atoms with Crippen LogP contribution in [0.3, 0.4) is 0 Å². The second-order valence-electron chi connectivity index (χ2n) is 4.54. The van der Waals surface area contributed by atoms with Crippen LogP contribution in [0.1, 0.15) is 39.2 Å². The molecule has 1 heterocycles. The lowest BCUT2D eigenvalue weighted by Crippen LogP contribution is -2.05. The Morgan fingerprint density at radius 1 is 1.32 bits per heavy atom. The van der Waals surface area contributed by atoms with Crippen molar-refractivity contribution in [2.75, 3.05) is 12.4 Å². The molecule has 22 heavy (non-hydrogen) atoms. The van der Waals surface area contributed by atoms with Gasteiger partial charge in [0.25, 0.3) is 0 Å². The predicted octanol–water partition coefficient (Wildman–Crippen LogP) is 2.75. The first-order valence-electron chi connectivity index (χ1n) is 6.51. The third-order valence-electron chi connectivity index (χ3n) is 3.03. The van der Waals surface area contributed by atoms with E-state index in [9.17, 15) is 9.59 Å². The standard InChI is InChI=1S/C16H14N2O4/c1-10(19)13-5-3-11(8-17)7-14(13)18-9-12-4-6-15(22-12)16(20)21-2/h3-7,18H,9H2,1-2H3. The molecule has 0 unspecified atom stereocenters. The number of anilines is 1. The Hall–Kier alpha value is -3.07. The molecule has 6 nitrogen and oxygen atoms in total. The van der Waals surface area contributed by atoms with Crippen LogP contribution in [0.5, 0.6) is 0 Å². The second kappa shape index (κ2) is 6.59. The highest BCUT2D eigenvalue weighted by Gasteiger charge is 2.12. The first kappa shape index (κ1) is 15.3. The molecule has 0 fully saturated rings. The third kappa shape index (κ3) is 3.33. The molecule has 1 N–H and O–H groups in total. The summed E-state index contributed by atoms with van der Waals surface area (Å²) in [5.41, 5.74) is 1.48. The van der Waals surface area contributed by atoms with E-state index >= 15 is 0 Å². The molecule has 6 heteroatoms. The van der Waals surface area contributed by atoms with Gasteiger partial charge in [0.1, 0.15) is 5.76 Å². The van der Waals surface area contributed by atoms with E-state index in [0.717, 1.165) is 0 Å². The van der Waals surface area contributed by atoms with Gasteiger partial charge in [-0.1, -0.05) is 0 Å². The Kier molecular flexibility index (Phi) is 4.59. The van der Waals surface area contributed by atoms with Crippen molar-refractivity contribution in [2.24, 2.45) is 0 Å². The molecule has 0 saturated carbocycles. The predicted molar refractivity (Wildman–Crippen MR) is 78.5 cm³/mol. The summed E-state index contributed by atoms with van der Waals surface area (Å²) >= 11 is 0. The van der Waals surface area contributed by atoms with Gasteiger partial charge in [-0.15, -0.1) is 0 Å². The zero-order valence-electron chi connectivity index (χ0n) is 12.2. The Bertz CT molecular complexity index is 756. The fourth-order valence-corrected chi connectivity index (χ4v) is 1.93. The number of furan rings is 1. The quantitative estimate of drug-likeness (QED) is 0.674. The van der Waals surface area contributed by atoms with Crippen LogP contribution in [0.25, 0.3) is 0 Å². The van der Waals surface area contributed by atoms with Gasteiger partial charge in [0.05, 0.1) is 25.3 Å². The first-order chi connectivity index (χ1) is 10.5. The van der Waals surface area contributed by atoms with E-state index in [-0.39, 0.29) is 18.1 Å². The van der Waals surface area contributed by atoms with E-state index in [0.29, 0.717) is 22.6 Å². The van der Waals surface area contributed by atoms with E-state index in [2.05, 4.69) is 10.1 Å². The number of nitriles is 1. The Morgan fingerprint density at radius 2 is 2.09 bits per heavy atom. The molecule has 1 aromatic heterocycles. The molecule has 0 bridgehead atoms. The van der Waals surface area contributed by atoms with E-state index in [1.165, 1.54) is 20.1 Å². The first-order valence-corrected chi connectivity index (χ1v) is 6.51. The summed E-state index contributed by atoms with van der Waals surface area (Å²) in [4.78, 5) is 22.9. The molecule has 0 saturated heterocycles. The number of rotatable bonds is 5. The van der Waals surface area contributed by atoms with Crippen molar-refractivity contribution in [3.8, 4) is 6.07 Å². The molecule has 112 valence electrons. The van der Waals surface area contributed by atoms with Gasteiger partial charge in [0.15, 0.2) is 5.78 Å². The summed E-state index contributed by atoms with van der Waals surface area (Å²) < 4.78 is 9.89. The molecule has 0 atom stereocenters. The number of ketones is 1. The number of carbonyl (C=O) groups excluding carboxylic acids is 2. The normalized spacial score (nSPS) is 9.86. The largest absolute Gasteiger partial charge is 0.463 e.